The number of carbonyl (C=O) groups is 1. The summed E-state index contributed by atoms with van der Waals surface area (Å²) in [6.45, 7) is 2.19. The second-order valence-corrected chi connectivity index (χ2v) is 7.46. The Morgan fingerprint density at radius 1 is 1.50 bits per heavy atom. The predicted molar refractivity (Wildman–Crippen MR) is 66.6 cm³/mol. The molecule has 96 valence electrons. The first kappa shape index (κ1) is 13.2. The van der Waals surface area contributed by atoms with Gasteiger partial charge in [0.2, 0.25) is 0 Å². The Kier molecular flexibility index (Phi) is 3.52. The van der Waals surface area contributed by atoms with Crippen LogP contribution in [0.4, 0.5) is 0 Å². The van der Waals surface area contributed by atoms with Crippen molar-refractivity contribution in [1.29, 1.82) is 5.26 Å². The molecule has 2 rings (SSSR count). The largest absolute Gasteiger partial charge is 0.299 e. The van der Waals surface area contributed by atoms with Crippen LogP contribution in [-0.4, -0.2) is 31.6 Å². The van der Waals surface area contributed by atoms with E-state index in [1.54, 1.807) is 6.92 Å². The van der Waals surface area contributed by atoms with Crippen LogP contribution >= 0.6 is 11.3 Å². The Hall–Kier alpha value is -1.23. The summed E-state index contributed by atoms with van der Waals surface area (Å²) >= 11 is 0.960. The summed E-state index contributed by atoms with van der Waals surface area (Å²) in [5, 5.41) is 8.71. The maximum Gasteiger partial charge on any atom is 0.252 e. The summed E-state index contributed by atoms with van der Waals surface area (Å²) in [4.78, 5) is 11.8. The number of ketones is 1. The summed E-state index contributed by atoms with van der Waals surface area (Å²) in [7, 11) is -3.56. The van der Waals surface area contributed by atoms with Crippen LogP contribution in [0.5, 0.6) is 0 Å². The van der Waals surface area contributed by atoms with Crippen LogP contribution < -0.4 is 0 Å². The minimum Gasteiger partial charge on any atom is -0.299 e. The molecule has 7 heteroatoms. The molecule has 1 aromatic heterocycles. The van der Waals surface area contributed by atoms with Gasteiger partial charge in [-0.1, -0.05) is 6.92 Å². The fourth-order valence-electron chi connectivity index (χ4n) is 1.84. The van der Waals surface area contributed by atoms with Gasteiger partial charge in [0, 0.05) is 25.4 Å². The highest BCUT2D eigenvalue weighted by atomic mass is 32.2. The lowest BCUT2D eigenvalue weighted by molar-refractivity contribution is -0.124. The van der Waals surface area contributed by atoms with Gasteiger partial charge in [-0.2, -0.15) is 9.57 Å². The number of Topliss-reactive ketones (excluding diaryl/α,β-unsaturated/α-hetero) is 1. The van der Waals surface area contributed by atoms with E-state index >= 15 is 0 Å². The van der Waals surface area contributed by atoms with E-state index in [0.717, 1.165) is 11.3 Å². The minimum atomic E-state index is -3.56. The lowest BCUT2D eigenvalue weighted by Crippen LogP contribution is -2.42. The van der Waals surface area contributed by atoms with Gasteiger partial charge in [0.1, 0.15) is 20.9 Å². The second kappa shape index (κ2) is 4.80. The molecule has 2 heterocycles. The number of hydrogen-bond acceptors (Lipinski definition) is 5. The van der Waals surface area contributed by atoms with Crippen LogP contribution in [0.3, 0.4) is 0 Å². The Morgan fingerprint density at radius 2 is 2.22 bits per heavy atom. The molecule has 0 radical (unpaired) electrons. The van der Waals surface area contributed by atoms with Crippen molar-refractivity contribution in [1.82, 2.24) is 4.31 Å². The predicted octanol–water partition coefficient (Wildman–Crippen LogP) is 1.22. The Balaban J connectivity index is 2.27. The SMILES string of the molecule is CC1CN(S(=O)(=O)c2ccc(C#N)s2)CCC1=O. The van der Waals surface area contributed by atoms with Crippen LogP contribution in [0.2, 0.25) is 0 Å². The molecule has 1 aliphatic rings. The molecule has 1 aliphatic heterocycles. The molecule has 0 saturated carbocycles. The van der Waals surface area contributed by atoms with Gasteiger partial charge in [0.05, 0.1) is 0 Å². The number of rotatable bonds is 2. The molecule has 1 fully saturated rings. The average Bonchev–Trinajstić information content (AvgIpc) is 2.81. The van der Waals surface area contributed by atoms with Gasteiger partial charge in [-0.3, -0.25) is 4.79 Å². The lowest BCUT2D eigenvalue weighted by atomic mass is 10.0. The van der Waals surface area contributed by atoms with E-state index in [0.29, 0.717) is 4.88 Å². The number of sulfonamides is 1. The molecule has 0 bridgehead atoms. The number of carbonyl (C=O) groups excluding carboxylic acids is 1. The van der Waals surface area contributed by atoms with E-state index in [1.165, 1.54) is 16.4 Å². The normalized spacial score (nSPS) is 21.8. The van der Waals surface area contributed by atoms with Crippen molar-refractivity contribution in [2.45, 2.75) is 17.6 Å². The van der Waals surface area contributed by atoms with Gasteiger partial charge < -0.3 is 0 Å². The molecule has 18 heavy (non-hydrogen) atoms. The minimum absolute atomic E-state index is 0.102. The molecule has 0 N–H and O–H groups in total. The lowest BCUT2D eigenvalue weighted by Gasteiger charge is -2.28. The zero-order valence-electron chi connectivity index (χ0n) is 9.79. The number of hydrogen-bond donors (Lipinski definition) is 0. The van der Waals surface area contributed by atoms with Crippen molar-refractivity contribution < 1.29 is 13.2 Å². The summed E-state index contributed by atoms with van der Waals surface area (Å²) < 4.78 is 26.1. The highest BCUT2D eigenvalue weighted by molar-refractivity contribution is 7.91. The van der Waals surface area contributed by atoms with E-state index in [2.05, 4.69) is 0 Å². The Bertz CT molecular complexity index is 612. The monoisotopic (exact) mass is 284 g/mol. The Labute approximate surface area is 110 Å². The highest BCUT2D eigenvalue weighted by Crippen LogP contribution is 2.27. The highest BCUT2D eigenvalue weighted by Gasteiger charge is 2.33. The molecule has 0 aromatic carbocycles. The van der Waals surface area contributed by atoms with Gasteiger partial charge in [-0.25, -0.2) is 8.42 Å². The summed E-state index contributed by atoms with van der Waals surface area (Å²) in [5.74, 6) is -0.158. The van der Waals surface area contributed by atoms with Crippen molar-refractivity contribution >= 4 is 27.1 Å². The van der Waals surface area contributed by atoms with E-state index in [1.807, 2.05) is 6.07 Å². The average molecular weight is 284 g/mol. The third-order valence-electron chi connectivity index (χ3n) is 2.92. The van der Waals surface area contributed by atoms with E-state index in [-0.39, 0.29) is 35.4 Å². The van der Waals surface area contributed by atoms with Crippen LogP contribution in [0.25, 0.3) is 0 Å². The molecule has 1 saturated heterocycles. The number of thiophene rings is 1. The van der Waals surface area contributed by atoms with Crippen molar-refractivity contribution in [2.75, 3.05) is 13.1 Å². The van der Waals surface area contributed by atoms with E-state index in [4.69, 9.17) is 5.26 Å². The van der Waals surface area contributed by atoms with Crippen molar-refractivity contribution in [3.63, 3.8) is 0 Å². The smallest absolute Gasteiger partial charge is 0.252 e. The van der Waals surface area contributed by atoms with Crippen LogP contribution in [0.15, 0.2) is 16.3 Å². The fraction of sp³-hybridized carbons (Fsp3) is 0.455. The van der Waals surface area contributed by atoms with Gasteiger partial charge in [0.25, 0.3) is 10.0 Å². The maximum atomic E-state index is 12.3. The molecule has 1 aromatic rings. The summed E-state index contributed by atoms with van der Waals surface area (Å²) in [6, 6.07) is 4.86. The molecular weight excluding hydrogens is 272 g/mol. The van der Waals surface area contributed by atoms with Gasteiger partial charge >= 0.3 is 0 Å². The molecular formula is C11H12N2O3S2. The molecule has 0 spiro atoms. The molecule has 1 atom stereocenters. The third-order valence-corrected chi connectivity index (χ3v) is 6.24. The summed E-state index contributed by atoms with van der Waals surface area (Å²) in [6.07, 6.45) is 0.261. The van der Waals surface area contributed by atoms with Crippen LogP contribution in [0.1, 0.15) is 18.2 Å². The number of nitrogens with zero attached hydrogens (tertiary/aromatic N) is 2. The van der Waals surface area contributed by atoms with Gasteiger partial charge in [-0.05, 0) is 12.1 Å². The zero-order valence-corrected chi connectivity index (χ0v) is 11.4. The topological polar surface area (TPSA) is 78.2 Å². The first-order valence-corrected chi connectivity index (χ1v) is 7.73. The Morgan fingerprint density at radius 3 is 2.78 bits per heavy atom. The fourth-order valence-corrected chi connectivity index (χ4v) is 4.63. The summed E-state index contributed by atoms with van der Waals surface area (Å²) in [5.41, 5.74) is 0. The maximum absolute atomic E-state index is 12.3. The second-order valence-electron chi connectivity index (χ2n) is 4.21. The van der Waals surface area contributed by atoms with E-state index in [9.17, 15) is 13.2 Å². The quantitative estimate of drug-likeness (QED) is 0.818. The van der Waals surface area contributed by atoms with E-state index < -0.39 is 10.0 Å². The first-order chi connectivity index (χ1) is 8.45. The van der Waals surface area contributed by atoms with Crippen molar-refractivity contribution in [3.8, 4) is 6.07 Å². The number of piperidine rings is 1. The van der Waals surface area contributed by atoms with Gasteiger partial charge in [-0.15, -0.1) is 11.3 Å². The van der Waals surface area contributed by atoms with Crippen LogP contribution in [-0.2, 0) is 14.8 Å². The zero-order chi connectivity index (χ0) is 13.3. The molecule has 0 aliphatic carbocycles. The molecule has 5 nitrogen and oxygen atoms in total. The van der Waals surface area contributed by atoms with Crippen molar-refractivity contribution in [2.24, 2.45) is 5.92 Å². The first-order valence-electron chi connectivity index (χ1n) is 5.48. The molecule has 0 amide bonds. The molecule has 1 unspecified atom stereocenters. The number of nitriles is 1. The standard InChI is InChI=1S/C11H12N2O3S2/c1-8-7-13(5-4-10(8)14)18(15,16)11-3-2-9(6-12)17-11/h2-3,8H,4-5,7H2,1H3. The van der Waals surface area contributed by atoms with Crippen molar-refractivity contribution in [3.05, 3.63) is 17.0 Å². The van der Waals surface area contributed by atoms with Crippen LogP contribution in [0, 0.1) is 17.2 Å². The van der Waals surface area contributed by atoms with Gasteiger partial charge in [0.15, 0.2) is 0 Å². The third kappa shape index (κ3) is 2.32.